The van der Waals surface area contributed by atoms with Gasteiger partial charge in [-0.3, -0.25) is 14.8 Å². The van der Waals surface area contributed by atoms with E-state index in [1.165, 1.54) is 12.1 Å². The summed E-state index contributed by atoms with van der Waals surface area (Å²) in [7, 11) is -3.46. The Morgan fingerprint density at radius 1 is 1.41 bits per heavy atom. The van der Waals surface area contributed by atoms with E-state index in [1.54, 1.807) is 0 Å². The Morgan fingerprint density at radius 2 is 2.06 bits per heavy atom. The molecule has 8 heteroatoms. The molecule has 1 aliphatic rings. The zero-order valence-corrected chi connectivity index (χ0v) is 10.2. The highest BCUT2D eigenvalue weighted by Gasteiger charge is 2.36. The molecule has 1 N–H and O–H groups in total. The molecule has 0 aliphatic heterocycles. The SMILES string of the molecule is O=[N+]([O-])c1ccc(Cl)c(NS(=O)(=O)C2CC2)c1. The maximum absolute atomic E-state index is 11.7. The molecule has 0 bridgehead atoms. The topological polar surface area (TPSA) is 89.3 Å². The molecule has 1 aromatic rings. The minimum absolute atomic E-state index is 0.0489. The van der Waals surface area contributed by atoms with Gasteiger partial charge in [-0.25, -0.2) is 8.42 Å². The van der Waals surface area contributed by atoms with Gasteiger partial charge >= 0.3 is 0 Å². The van der Waals surface area contributed by atoms with Crippen molar-refractivity contribution < 1.29 is 13.3 Å². The van der Waals surface area contributed by atoms with Gasteiger partial charge in [0.25, 0.3) is 5.69 Å². The Balaban J connectivity index is 2.31. The zero-order valence-electron chi connectivity index (χ0n) is 8.59. The van der Waals surface area contributed by atoms with Gasteiger partial charge in [0.2, 0.25) is 10.0 Å². The molecule has 17 heavy (non-hydrogen) atoms. The maximum Gasteiger partial charge on any atom is 0.271 e. The number of benzene rings is 1. The van der Waals surface area contributed by atoms with Gasteiger partial charge in [-0.15, -0.1) is 0 Å². The van der Waals surface area contributed by atoms with Crippen molar-refractivity contribution in [3.05, 3.63) is 33.3 Å². The summed E-state index contributed by atoms with van der Waals surface area (Å²) in [6.07, 6.45) is 1.23. The first-order valence-electron chi connectivity index (χ1n) is 4.86. The summed E-state index contributed by atoms with van der Waals surface area (Å²) in [6.45, 7) is 0. The number of hydrogen-bond donors (Lipinski definition) is 1. The molecule has 1 saturated carbocycles. The zero-order chi connectivity index (χ0) is 12.6. The third-order valence-corrected chi connectivity index (χ3v) is 4.56. The first-order chi connectivity index (χ1) is 7.90. The van der Waals surface area contributed by atoms with E-state index in [9.17, 15) is 18.5 Å². The Bertz CT molecular complexity index is 568. The molecule has 0 radical (unpaired) electrons. The molecule has 0 aromatic heterocycles. The monoisotopic (exact) mass is 276 g/mol. The molecule has 0 heterocycles. The number of anilines is 1. The van der Waals surface area contributed by atoms with E-state index in [0.717, 1.165) is 6.07 Å². The smallest absolute Gasteiger partial charge is 0.271 e. The van der Waals surface area contributed by atoms with Gasteiger partial charge in [0, 0.05) is 12.1 Å². The highest BCUT2D eigenvalue weighted by molar-refractivity contribution is 7.93. The summed E-state index contributed by atoms with van der Waals surface area (Å²) >= 11 is 5.78. The van der Waals surface area contributed by atoms with Crippen LogP contribution in [0.25, 0.3) is 0 Å². The van der Waals surface area contributed by atoms with Crippen LogP contribution in [0.5, 0.6) is 0 Å². The third-order valence-electron chi connectivity index (χ3n) is 2.38. The number of nitrogens with zero attached hydrogens (tertiary/aromatic N) is 1. The molecular formula is C9H9ClN2O4S. The number of hydrogen-bond acceptors (Lipinski definition) is 4. The molecular weight excluding hydrogens is 268 g/mol. The molecule has 2 rings (SSSR count). The van der Waals surface area contributed by atoms with Gasteiger partial charge in [-0.05, 0) is 18.9 Å². The second-order valence-electron chi connectivity index (χ2n) is 3.77. The average Bonchev–Trinajstić information content (AvgIpc) is 3.04. The van der Waals surface area contributed by atoms with Crippen LogP contribution in [0.1, 0.15) is 12.8 Å². The van der Waals surface area contributed by atoms with Crippen LogP contribution in [0.4, 0.5) is 11.4 Å². The molecule has 0 spiro atoms. The lowest BCUT2D eigenvalue weighted by molar-refractivity contribution is -0.384. The van der Waals surface area contributed by atoms with E-state index < -0.39 is 20.2 Å². The van der Waals surface area contributed by atoms with Gasteiger partial charge in [0.1, 0.15) is 0 Å². The summed E-state index contributed by atoms with van der Waals surface area (Å²) in [5.41, 5.74) is -0.157. The second kappa shape index (κ2) is 4.15. The first kappa shape index (κ1) is 12.1. The van der Waals surface area contributed by atoms with Gasteiger partial charge in [-0.2, -0.15) is 0 Å². The van der Waals surface area contributed by atoms with E-state index >= 15 is 0 Å². The highest BCUT2D eigenvalue weighted by atomic mass is 35.5. The Morgan fingerprint density at radius 3 is 2.59 bits per heavy atom. The first-order valence-corrected chi connectivity index (χ1v) is 6.78. The molecule has 92 valence electrons. The predicted molar refractivity (Wildman–Crippen MR) is 63.7 cm³/mol. The minimum Gasteiger partial charge on any atom is -0.282 e. The standard InChI is InChI=1S/C9H9ClN2O4S/c10-8-4-1-6(12(13)14)5-9(8)11-17(15,16)7-2-3-7/h1,4-5,7,11H,2-3H2. The van der Waals surface area contributed by atoms with Crippen LogP contribution in [0, 0.1) is 10.1 Å². The number of sulfonamides is 1. The number of nitro groups is 1. The summed E-state index contributed by atoms with van der Waals surface area (Å²) in [5.74, 6) is 0. The van der Waals surface area contributed by atoms with Gasteiger partial charge < -0.3 is 0 Å². The maximum atomic E-state index is 11.7. The summed E-state index contributed by atoms with van der Waals surface area (Å²) in [4.78, 5) is 9.96. The highest BCUT2D eigenvalue weighted by Crippen LogP contribution is 2.33. The lowest BCUT2D eigenvalue weighted by Gasteiger charge is -2.08. The van der Waals surface area contributed by atoms with Gasteiger partial charge in [-0.1, -0.05) is 11.6 Å². The molecule has 0 unspecified atom stereocenters. The van der Waals surface area contributed by atoms with Crippen LogP contribution in [-0.2, 0) is 10.0 Å². The lowest BCUT2D eigenvalue weighted by atomic mass is 10.3. The van der Waals surface area contributed by atoms with Crippen molar-refractivity contribution in [1.82, 2.24) is 0 Å². The molecule has 0 saturated heterocycles. The van der Waals surface area contributed by atoms with E-state index in [2.05, 4.69) is 4.72 Å². The number of non-ortho nitro benzene ring substituents is 1. The molecule has 1 fully saturated rings. The molecule has 0 atom stereocenters. The van der Waals surface area contributed by atoms with Crippen LogP contribution < -0.4 is 4.72 Å². The van der Waals surface area contributed by atoms with Crippen LogP contribution >= 0.6 is 11.6 Å². The summed E-state index contributed by atoms with van der Waals surface area (Å²) in [6, 6.07) is 3.63. The summed E-state index contributed by atoms with van der Waals surface area (Å²) < 4.78 is 25.6. The lowest BCUT2D eigenvalue weighted by Crippen LogP contribution is -2.17. The minimum atomic E-state index is -3.46. The van der Waals surface area contributed by atoms with E-state index in [4.69, 9.17) is 11.6 Å². The largest absolute Gasteiger partial charge is 0.282 e. The average molecular weight is 277 g/mol. The number of nitro benzene ring substituents is 1. The Labute approximate surface area is 103 Å². The fourth-order valence-corrected chi connectivity index (χ4v) is 2.94. The van der Waals surface area contributed by atoms with E-state index in [-0.39, 0.29) is 16.4 Å². The number of rotatable bonds is 4. The second-order valence-corrected chi connectivity index (χ2v) is 6.14. The van der Waals surface area contributed by atoms with Crippen molar-refractivity contribution in [2.24, 2.45) is 0 Å². The number of halogens is 1. The van der Waals surface area contributed by atoms with E-state index in [1.807, 2.05) is 0 Å². The van der Waals surface area contributed by atoms with Crippen molar-refractivity contribution in [2.45, 2.75) is 18.1 Å². The fraction of sp³-hybridized carbons (Fsp3) is 0.333. The molecule has 6 nitrogen and oxygen atoms in total. The molecule has 1 aliphatic carbocycles. The number of nitrogens with one attached hydrogen (secondary N) is 1. The van der Waals surface area contributed by atoms with Crippen LogP contribution in [0.15, 0.2) is 18.2 Å². The Kier molecular flexibility index (Phi) is 2.96. The van der Waals surface area contributed by atoms with Crippen LogP contribution in [-0.4, -0.2) is 18.6 Å². The van der Waals surface area contributed by atoms with Crippen molar-refractivity contribution >= 4 is 33.0 Å². The van der Waals surface area contributed by atoms with Crippen LogP contribution in [0.3, 0.4) is 0 Å². The van der Waals surface area contributed by atoms with Crippen molar-refractivity contribution in [1.29, 1.82) is 0 Å². The van der Waals surface area contributed by atoms with Gasteiger partial charge in [0.15, 0.2) is 0 Å². The molecule has 0 amide bonds. The van der Waals surface area contributed by atoms with Gasteiger partial charge in [0.05, 0.1) is 20.9 Å². The molecule has 1 aromatic carbocycles. The van der Waals surface area contributed by atoms with Crippen molar-refractivity contribution in [3.63, 3.8) is 0 Å². The fourth-order valence-electron chi connectivity index (χ4n) is 1.32. The Hall–Kier alpha value is -1.34. The van der Waals surface area contributed by atoms with Crippen LogP contribution in [0.2, 0.25) is 5.02 Å². The third kappa shape index (κ3) is 2.67. The van der Waals surface area contributed by atoms with Crippen molar-refractivity contribution in [3.8, 4) is 0 Å². The normalized spacial score (nSPS) is 15.6. The quantitative estimate of drug-likeness (QED) is 0.674. The summed E-state index contributed by atoms with van der Waals surface area (Å²) in [5, 5.41) is 10.3. The van der Waals surface area contributed by atoms with Crippen molar-refractivity contribution in [2.75, 3.05) is 4.72 Å². The predicted octanol–water partition coefficient (Wildman–Crippen LogP) is 2.15. The van der Waals surface area contributed by atoms with E-state index in [0.29, 0.717) is 12.8 Å².